The van der Waals surface area contributed by atoms with Crippen molar-refractivity contribution >= 4 is 16.8 Å². The van der Waals surface area contributed by atoms with Gasteiger partial charge in [0.05, 0.1) is 22.8 Å². The van der Waals surface area contributed by atoms with E-state index >= 15 is 0 Å². The Hall–Kier alpha value is -2.88. The van der Waals surface area contributed by atoms with E-state index in [-0.39, 0.29) is 11.9 Å². The number of fused-ring (bicyclic) bond motifs is 1. The molecular weight excluding hydrogens is 312 g/mol. The standard InChI is InChI=1S/C21H22N2O2/c1-14-7-6-9-18(11-14)25-13-15(2)22-21(24)19-12-17-8-4-5-10-20(17)23-16(19)3/h4-12,15H,13H2,1-3H3,(H,22,24). The zero-order chi connectivity index (χ0) is 17.8. The molecule has 0 aliphatic rings. The first kappa shape index (κ1) is 17.0. The van der Waals surface area contributed by atoms with E-state index in [1.54, 1.807) is 0 Å². The van der Waals surface area contributed by atoms with Gasteiger partial charge in [-0.25, -0.2) is 0 Å². The lowest BCUT2D eigenvalue weighted by molar-refractivity contribution is 0.0926. The Kier molecular flexibility index (Phi) is 4.98. The third kappa shape index (κ3) is 4.15. The summed E-state index contributed by atoms with van der Waals surface area (Å²) >= 11 is 0. The van der Waals surface area contributed by atoms with Crippen molar-refractivity contribution in [1.82, 2.24) is 10.3 Å². The van der Waals surface area contributed by atoms with Crippen molar-refractivity contribution in [3.8, 4) is 5.75 Å². The van der Waals surface area contributed by atoms with Crippen LogP contribution in [0.4, 0.5) is 0 Å². The Morgan fingerprint density at radius 2 is 1.92 bits per heavy atom. The Bertz CT molecular complexity index is 905. The maximum absolute atomic E-state index is 12.6. The number of rotatable bonds is 5. The molecule has 2 aromatic carbocycles. The lowest BCUT2D eigenvalue weighted by atomic mass is 10.1. The minimum Gasteiger partial charge on any atom is -0.491 e. The molecule has 0 aliphatic heterocycles. The summed E-state index contributed by atoms with van der Waals surface area (Å²) in [5.74, 6) is 0.681. The lowest BCUT2D eigenvalue weighted by Crippen LogP contribution is -2.37. The molecule has 1 unspecified atom stereocenters. The normalized spacial score (nSPS) is 12.0. The highest BCUT2D eigenvalue weighted by atomic mass is 16.5. The molecule has 128 valence electrons. The third-order valence-electron chi connectivity index (χ3n) is 4.03. The summed E-state index contributed by atoms with van der Waals surface area (Å²) in [6.45, 7) is 6.22. The minimum absolute atomic E-state index is 0.112. The molecule has 1 atom stereocenters. The van der Waals surface area contributed by atoms with Gasteiger partial charge in [0, 0.05) is 5.39 Å². The molecule has 1 aromatic heterocycles. The molecule has 1 N–H and O–H groups in total. The van der Waals surface area contributed by atoms with Crippen molar-refractivity contribution in [2.24, 2.45) is 0 Å². The number of hydrogen-bond acceptors (Lipinski definition) is 3. The number of carbonyl (C=O) groups is 1. The summed E-state index contributed by atoms with van der Waals surface area (Å²) in [6, 6.07) is 17.4. The highest BCUT2D eigenvalue weighted by Gasteiger charge is 2.14. The van der Waals surface area contributed by atoms with Crippen LogP contribution in [0.5, 0.6) is 5.75 Å². The smallest absolute Gasteiger partial charge is 0.253 e. The fourth-order valence-corrected chi connectivity index (χ4v) is 2.71. The van der Waals surface area contributed by atoms with Gasteiger partial charge >= 0.3 is 0 Å². The van der Waals surface area contributed by atoms with Gasteiger partial charge in [-0.15, -0.1) is 0 Å². The molecule has 0 saturated heterocycles. The zero-order valence-corrected chi connectivity index (χ0v) is 14.7. The number of pyridine rings is 1. The summed E-state index contributed by atoms with van der Waals surface area (Å²) in [4.78, 5) is 17.1. The lowest BCUT2D eigenvalue weighted by Gasteiger charge is -2.16. The molecule has 0 aliphatic carbocycles. The molecule has 1 amide bonds. The second-order valence-electron chi connectivity index (χ2n) is 6.32. The molecule has 4 nitrogen and oxygen atoms in total. The predicted molar refractivity (Wildman–Crippen MR) is 100 cm³/mol. The fourth-order valence-electron chi connectivity index (χ4n) is 2.71. The molecule has 0 spiro atoms. The second kappa shape index (κ2) is 7.34. The number of amides is 1. The average molecular weight is 334 g/mol. The van der Waals surface area contributed by atoms with E-state index in [2.05, 4.69) is 10.3 Å². The quantitative estimate of drug-likeness (QED) is 0.766. The van der Waals surface area contributed by atoms with Crippen LogP contribution < -0.4 is 10.1 Å². The van der Waals surface area contributed by atoms with Crippen molar-refractivity contribution in [1.29, 1.82) is 0 Å². The van der Waals surface area contributed by atoms with E-state index in [1.807, 2.05) is 75.4 Å². The van der Waals surface area contributed by atoms with E-state index in [9.17, 15) is 4.79 Å². The number of ether oxygens (including phenoxy) is 1. The summed E-state index contributed by atoms with van der Waals surface area (Å²) in [5, 5.41) is 3.94. The van der Waals surface area contributed by atoms with Crippen LogP contribution in [0.1, 0.15) is 28.5 Å². The monoisotopic (exact) mass is 334 g/mol. The van der Waals surface area contributed by atoms with Crippen LogP contribution in [0.25, 0.3) is 10.9 Å². The maximum Gasteiger partial charge on any atom is 0.253 e. The summed E-state index contributed by atoms with van der Waals surface area (Å²) in [5.41, 5.74) is 3.36. The van der Waals surface area contributed by atoms with Gasteiger partial charge in [-0.1, -0.05) is 30.3 Å². The molecule has 3 rings (SSSR count). The number of carbonyl (C=O) groups excluding carboxylic acids is 1. The first-order chi connectivity index (χ1) is 12.0. The van der Waals surface area contributed by atoms with E-state index in [4.69, 9.17) is 4.74 Å². The predicted octanol–water partition coefficient (Wildman–Crippen LogP) is 4.05. The zero-order valence-electron chi connectivity index (χ0n) is 14.7. The van der Waals surface area contributed by atoms with Crippen LogP contribution >= 0.6 is 0 Å². The van der Waals surface area contributed by atoms with Crippen LogP contribution in [0.2, 0.25) is 0 Å². The number of nitrogens with one attached hydrogen (secondary N) is 1. The Labute approximate surface area is 147 Å². The number of aromatic nitrogens is 1. The minimum atomic E-state index is -0.129. The van der Waals surface area contributed by atoms with Gasteiger partial charge in [0.15, 0.2) is 0 Å². The second-order valence-corrected chi connectivity index (χ2v) is 6.32. The number of nitrogens with zero attached hydrogens (tertiary/aromatic N) is 1. The van der Waals surface area contributed by atoms with Gasteiger partial charge in [0.2, 0.25) is 0 Å². The van der Waals surface area contributed by atoms with E-state index in [1.165, 1.54) is 0 Å². The van der Waals surface area contributed by atoms with Crippen LogP contribution in [0, 0.1) is 13.8 Å². The topological polar surface area (TPSA) is 51.2 Å². The van der Waals surface area contributed by atoms with Crippen molar-refractivity contribution in [3.63, 3.8) is 0 Å². The molecule has 0 radical (unpaired) electrons. The molecule has 0 bridgehead atoms. The largest absolute Gasteiger partial charge is 0.491 e. The molecule has 25 heavy (non-hydrogen) atoms. The first-order valence-electron chi connectivity index (χ1n) is 8.39. The van der Waals surface area contributed by atoms with Crippen LogP contribution in [-0.2, 0) is 0 Å². The molecule has 3 aromatic rings. The van der Waals surface area contributed by atoms with Crippen LogP contribution in [0.15, 0.2) is 54.6 Å². The van der Waals surface area contributed by atoms with Gasteiger partial charge < -0.3 is 10.1 Å². The highest BCUT2D eigenvalue weighted by molar-refractivity contribution is 5.98. The summed E-state index contributed by atoms with van der Waals surface area (Å²) in [7, 11) is 0. The maximum atomic E-state index is 12.6. The van der Waals surface area contributed by atoms with E-state index in [0.717, 1.165) is 27.9 Å². The van der Waals surface area contributed by atoms with Gasteiger partial charge in [0.1, 0.15) is 12.4 Å². The number of benzene rings is 2. The van der Waals surface area contributed by atoms with Crippen LogP contribution in [0.3, 0.4) is 0 Å². The number of para-hydroxylation sites is 1. The summed E-state index contributed by atoms with van der Waals surface area (Å²) in [6.07, 6.45) is 0. The molecule has 0 saturated carbocycles. The average Bonchev–Trinajstić information content (AvgIpc) is 2.59. The van der Waals surface area contributed by atoms with Crippen LogP contribution in [-0.4, -0.2) is 23.5 Å². The molecular formula is C21H22N2O2. The van der Waals surface area contributed by atoms with E-state index in [0.29, 0.717) is 12.2 Å². The van der Waals surface area contributed by atoms with Gasteiger partial charge in [0.25, 0.3) is 5.91 Å². The number of hydrogen-bond donors (Lipinski definition) is 1. The van der Waals surface area contributed by atoms with Crippen molar-refractivity contribution in [2.45, 2.75) is 26.8 Å². The Morgan fingerprint density at radius 3 is 2.72 bits per heavy atom. The Balaban J connectivity index is 1.66. The molecule has 4 heteroatoms. The molecule has 0 fully saturated rings. The SMILES string of the molecule is Cc1cccc(OCC(C)NC(=O)c2cc3ccccc3nc2C)c1. The first-order valence-corrected chi connectivity index (χ1v) is 8.39. The van der Waals surface area contributed by atoms with Gasteiger partial charge in [-0.3, -0.25) is 9.78 Å². The van der Waals surface area contributed by atoms with Crippen molar-refractivity contribution < 1.29 is 9.53 Å². The van der Waals surface area contributed by atoms with Gasteiger partial charge in [-0.2, -0.15) is 0 Å². The van der Waals surface area contributed by atoms with Gasteiger partial charge in [-0.05, 0) is 50.6 Å². The third-order valence-corrected chi connectivity index (χ3v) is 4.03. The van der Waals surface area contributed by atoms with Crippen molar-refractivity contribution in [3.05, 3.63) is 71.4 Å². The highest BCUT2D eigenvalue weighted by Crippen LogP contribution is 2.16. The molecule has 1 heterocycles. The summed E-state index contributed by atoms with van der Waals surface area (Å²) < 4.78 is 5.76. The fraction of sp³-hybridized carbons (Fsp3) is 0.238. The van der Waals surface area contributed by atoms with Crippen molar-refractivity contribution in [2.75, 3.05) is 6.61 Å². The van der Waals surface area contributed by atoms with E-state index < -0.39 is 0 Å². The number of aryl methyl sites for hydroxylation is 2. The Morgan fingerprint density at radius 1 is 1.12 bits per heavy atom.